The number of rotatable bonds is 1. The lowest BCUT2D eigenvalue weighted by Crippen LogP contribution is -1.96. The highest BCUT2D eigenvalue weighted by Crippen LogP contribution is 2.04. The molecule has 0 heterocycles. The molecule has 1 aromatic carbocycles. The Morgan fingerprint density at radius 3 is 1.92 bits per heavy atom. The van der Waals surface area contributed by atoms with Crippen molar-refractivity contribution in [1.82, 2.24) is 0 Å². The fraction of sp³-hybridized carbons (Fsp3) is 0.125. The summed E-state index contributed by atoms with van der Waals surface area (Å²) in [7, 11) is -4.25. The SMILES string of the molecule is CC#N.O=S(=O)([O-])c1ccccc1. The Bertz CT molecular complexity index is 378. The van der Waals surface area contributed by atoms with Crippen molar-refractivity contribution in [3.8, 4) is 6.07 Å². The van der Waals surface area contributed by atoms with Crippen LogP contribution in [0.5, 0.6) is 0 Å². The molecular formula is C8H8NO3S-. The van der Waals surface area contributed by atoms with Crippen molar-refractivity contribution in [3.63, 3.8) is 0 Å². The molecular weight excluding hydrogens is 190 g/mol. The first-order valence-corrected chi connectivity index (χ1v) is 4.75. The average molecular weight is 198 g/mol. The number of nitriles is 1. The molecule has 0 aliphatic carbocycles. The van der Waals surface area contributed by atoms with Gasteiger partial charge in [-0.05, 0) is 12.1 Å². The molecule has 0 atom stereocenters. The molecule has 5 heteroatoms. The summed E-state index contributed by atoms with van der Waals surface area (Å²) < 4.78 is 30.8. The van der Waals surface area contributed by atoms with Crippen molar-refractivity contribution < 1.29 is 13.0 Å². The van der Waals surface area contributed by atoms with E-state index in [1.807, 2.05) is 0 Å². The third-order valence-electron chi connectivity index (χ3n) is 1.03. The van der Waals surface area contributed by atoms with Gasteiger partial charge in [0.15, 0.2) is 0 Å². The molecule has 0 unspecified atom stereocenters. The lowest BCUT2D eigenvalue weighted by molar-refractivity contribution is 0.463. The maximum absolute atomic E-state index is 10.3. The molecule has 13 heavy (non-hydrogen) atoms. The molecule has 0 fully saturated rings. The molecule has 4 nitrogen and oxygen atoms in total. The molecule has 0 radical (unpaired) electrons. The highest BCUT2D eigenvalue weighted by atomic mass is 32.2. The van der Waals surface area contributed by atoms with Crippen LogP contribution in [-0.4, -0.2) is 13.0 Å². The largest absolute Gasteiger partial charge is 0.744 e. The van der Waals surface area contributed by atoms with Crippen molar-refractivity contribution in [2.45, 2.75) is 11.8 Å². The summed E-state index contributed by atoms with van der Waals surface area (Å²) in [6.45, 7) is 1.43. The van der Waals surface area contributed by atoms with Gasteiger partial charge in [0.05, 0.1) is 11.0 Å². The maximum atomic E-state index is 10.3. The number of benzene rings is 1. The minimum atomic E-state index is -4.25. The van der Waals surface area contributed by atoms with Crippen LogP contribution in [0.15, 0.2) is 35.2 Å². The summed E-state index contributed by atoms with van der Waals surface area (Å²) >= 11 is 0. The highest BCUT2D eigenvalue weighted by Gasteiger charge is 1.95. The van der Waals surface area contributed by atoms with Crippen molar-refractivity contribution in [2.24, 2.45) is 0 Å². The highest BCUT2D eigenvalue weighted by molar-refractivity contribution is 7.85. The monoisotopic (exact) mass is 198 g/mol. The molecule has 0 aliphatic heterocycles. The molecule has 0 aromatic heterocycles. The van der Waals surface area contributed by atoms with Crippen LogP contribution >= 0.6 is 0 Å². The summed E-state index contributed by atoms with van der Waals surface area (Å²) in [5.41, 5.74) is 0. The van der Waals surface area contributed by atoms with Gasteiger partial charge in [-0.2, -0.15) is 5.26 Å². The Hall–Kier alpha value is -1.38. The normalized spacial score (nSPS) is 9.31. The van der Waals surface area contributed by atoms with E-state index in [0.29, 0.717) is 0 Å². The zero-order chi connectivity index (χ0) is 10.3. The Morgan fingerprint density at radius 1 is 1.31 bits per heavy atom. The Kier molecular flexibility index (Phi) is 4.74. The lowest BCUT2D eigenvalue weighted by Gasteiger charge is -2.04. The molecule has 0 saturated carbocycles. The topological polar surface area (TPSA) is 81.0 Å². The Labute approximate surface area is 77.2 Å². The van der Waals surface area contributed by atoms with Gasteiger partial charge in [-0.3, -0.25) is 0 Å². The Balaban J connectivity index is 0.000000424. The van der Waals surface area contributed by atoms with Gasteiger partial charge in [0, 0.05) is 6.92 Å². The van der Waals surface area contributed by atoms with Gasteiger partial charge in [-0.25, -0.2) is 8.42 Å². The maximum Gasteiger partial charge on any atom is 0.124 e. The molecule has 0 N–H and O–H groups in total. The first kappa shape index (κ1) is 11.6. The fourth-order valence-corrected chi connectivity index (χ4v) is 1.08. The second-order valence-corrected chi connectivity index (χ2v) is 3.37. The average Bonchev–Trinajstić information content (AvgIpc) is 2.06. The first-order valence-electron chi connectivity index (χ1n) is 3.34. The van der Waals surface area contributed by atoms with Crippen LogP contribution in [0.3, 0.4) is 0 Å². The van der Waals surface area contributed by atoms with Crippen LogP contribution in [-0.2, 0) is 10.1 Å². The third kappa shape index (κ3) is 4.95. The van der Waals surface area contributed by atoms with Crippen molar-refractivity contribution in [2.75, 3.05) is 0 Å². The summed E-state index contributed by atoms with van der Waals surface area (Å²) in [5.74, 6) is 0. The molecule has 0 bridgehead atoms. The van der Waals surface area contributed by atoms with Crippen molar-refractivity contribution in [1.29, 1.82) is 5.26 Å². The minimum absolute atomic E-state index is 0.185. The smallest absolute Gasteiger partial charge is 0.124 e. The van der Waals surface area contributed by atoms with E-state index in [0.717, 1.165) is 0 Å². The van der Waals surface area contributed by atoms with Gasteiger partial charge >= 0.3 is 0 Å². The summed E-state index contributed by atoms with van der Waals surface area (Å²) in [4.78, 5) is -0.185. The van der Waals surface area contributed by atoms with Crippen LogP contribution in [0.1, 0.15) is 6.92 Å². The van der Waals surface area contributed by atoms with Gasteiger partial charge in [0.2, 0.25) is 0 Å². The second kappa shape index (κ2) is 5.30. The molecule has 70 valence electrons. The minimum Gasteiger partial charge on any atom is -0.744 e. The zero-order valence-corrected chi connectivity index (χ0v) is 7.78. The van der Waals surface area contributed by atoms with E-state index in [-0.39, 0.29) is 4.90 Å². The molecule has 0 aliphatic rings. The predicted molar refractivity (Wildman–Crippen MR) is 45.7 cm³/mol. The van der Waals surface area contributed by atoms with E-state index < -0.39 is 10.1 Å². The van der Waals surface area contributed by atoms with Crippen LogP contribution in [0.2, 0.25) is 0 Å². The van der Waals surface area contributed by atoms with E-state index in [9.17, 15) is 13.0 Å². The van der Waals surface area contributed by atoms with Crippen molar-refractivity contribution >= 4 is 10.1 Å². The van der Waals surface area contributed by atoms with Gasteiger partial charge in [0.1, 0.15) is 10.1 Å². The van der Waals surface area contributed by atoms with Gasteiger partial charge < -0.3 is 4.55 Å². The predicted octanol–water partition coefficient (Wildman–Crippen LogP) is 1.12. The van der Waals surface area contributed by atoms with Gasteiger partial charge in [-0.15, -0.1) is 0 Å². The molecule has 0 saturated heterocycles. The van der Waals surface area contributed by atoms with Crippen LogP contribution in [0.25, 0.3) is 0 Å². The first-order chi connectivity index (χ1) is 6.02. The summed E-state index contributed by atoms with van der Waals surface area (Å²) in [6.07, 6.45) is 0. The van der Waals surface area contributed by atoms with E-state index in [1.165, 1.54) is 31.2 Å². The standard InChI is InChI=1S/C6H6O3S.C2H3N/c7-10(8,9)6-4-2-1-3-5-6;1-2-3/h1-5H,(H,7,8,9);1H3/p-1. The number of hydrogen-bond acceptors (Lipinski definition) is 4. The number of hydrogen-bond donors (Lipinski definition) is 0. The van der Waals surface area contributed by atoms with E-state index in [2.05, 4.69) is 0 Å². The van der Waals surface area contributed by atoms with Crippen molar-refractivity contribution in [3.05, 3.63) is 30.3 Å². The second-order valence-electron chi connectivity index (χ2n) is 1.99. The van der Waals surface area contributed by atoms with E-state index in [4.69, 9.17) is 5.26 Å². The van der Waals surface area contributed by atoms with Crippen LogP contribution in [0, 0.1) is 11.3 Å². The van der Waals surface area contributed by atoms with Crippen LogP contribution < -0.4 is 0 Å². The summed E-state index contributed by atoms with van der Waals surface area (Å²) in [5, 5.41) is 7.32. The molecule has 1 rings (SSSR count). The molecule has 1 aromatic rings. The van der Waals surface area contributed by atoms with E-state index >= 15 is 0 Å². The fourth-order valence-electron chi connectivity index (χ4n) is 0.587. The third-order valence-corrected chi connectivity index (χ3v) is 1.88. The molecule has 0 spiro atoms. The molecule has 0 amide bonds. The van der Waals surface area contributed by atoms with Gasteiger partial charge in [0.25, 0.3) is 0 Å². The van der Waals surface area contributed by atoms with Crippen LogP contribution in [0.4, 0.5) is 0 Å². The van der Waals surface area contributed by atoms with E-state index in [1.54, 1.807) is 12.1 Å². The number of nitrogens with zero attached hydrogens (tertiary/aromatic N) is 1. The zero-order valence-electron chi connectivity index (χ0n) is 6.97. The Morgan fingerprint density at radius 2 is 1.69 bits per heavy atom. The summed E-state index contributed by atoms with van der Waals surface area (Å²) in [6, 6.07) is 8.94. The lowest BCUT2D eigenvalue weighted by atomic mass is 10.4. The van der Waals surface area contributed by atoms with Gasteiger partial charge in [-0.1, -0.05) is 18.2 Å². The quantitative estimate of drug-likeness (QED) is 0.633.